The molecule has 4 N–H and O–H groups in total. The van der Waals surface area contributed by atoms with Crippen molar-refractivity contribution in [2.45, 2.75) is 25.6 Å². The van der Waals surface area contributed by atoms with Crippen molar-refractivity contribution in [3.8, 4) is 0 Å². The van der Waals surface area contributed by atoms with Crippen molar-refractivity contribution < 1.29 is 24.2 Å². The first kappa shape index (κ1) is 26.1. The van der Waals surface area contributed by atoms with Gasteiger partial charge >= 0.3 is 12.1 Å². The summed E-state index contributed by atoms with van der Waals surface area (Å²) in [6, 6.07) is 18.6. The van der Waals surface area contributed by atoms with E-state index >= 15 is 0 Å². The number of pyridine rings is 1. The molecule has 11 heteroatoms. The second-order valence-corrected chi connectivity index (χ2v) is 8.41. The van der Waals surface area contributed by atoms with Crippen LogP contribution >= 0.6 is 0 Å². The zero-order valence-corrected chi connectivity index (χ0v) is 20.5. The number of fused-ring (bicyclic) bond motifs is 1. The van der Waals surface area contributed by atoms with Gasteiger partial charge in [0.05, 0.1) is 17.3 Å². The van der Waals surface area contributed by atoms with E-state index in [2.05, 4.69) is 26.0 Å². The second-order valence-electron chi connectivity index (χ2n) is 8.41. The van der Waals surface area contributed by atoms with Crippen molar-refractivity contribution >= 4 is 34.7 Å². The van der Waals surface area contributed by atoms with E-state index in [4.69, 9.17) is 4.74 Å². The molecule has 196 valence electrons. The number of amides is 2. The number of aromatic nitrogens is 3. The molecule has 0 saturated heterocycles. The van der Waals surface area contributed by atoms with Gasteiger partial charge in [-0.25, -0.2) is 14.6 Å². The summed E-state index contributed by atoms with van der Waals surface area (Å²) in [6.07, 6.45) is 3.24. The number of hydrogen-bond acceptors (Lipinski definition) is 7. The number of anilines is 1. The molecule has 11 nitrogen and oxygen atoms in total. The number of rotatable bonds is 12. The van der Waals surface area contributed by atoms with Crippen LogP contribution in [-0.4, -0.2) is 57.0 Å². The Bertz CT molecular complexity index is 1380. The molecule has 2 amide bonds. The van der Waals surface area contributed by atoms with Crippen LogP contribution in [0.3, 0.4) is 0 Å². The number of carboxylic acid groups (broad SMARTS) is 1. The molecular formula is C27H28N6O5. The van der Waals surface area contributed by atoms with Crippen molar-refractivity contribution in [3.63, 3.8) is 0 Å². The lowest BCUT2D eigenvalue weighted by Gasteiger charge is -2.15. The molecule has 1 atom stereocenters. The monoisotopic (exact) mass is 516 g/mol. The lowest BCUT2D eigenvalue weighted by Crippen LogP contribution is -2.48. The molecule has 0 aliphatic heterocycles. The van der Waals surface area contributed by atoms with E-state index < -0.39 is 24.0 Å². The van der Waals surface area contributed by atoms with Crippen molar-refractivity contribution in [2.75, 3.05) is 18.4 Å². The van der Waals surface area contributed by atoms with Gasteiger partial charge in [0.1, 0.15) is 18.5 Å². The van der Waals surface area contributed by atoms with Gasteiger partial charge in [-0.3, -0.25) is 9.48 Å². The molecule has 2 aromatic carbocycles. The van der Waals surface area contributed by atoms with E-state index in [9.17, 15) is 19.5 Å². The third-order valence-electron chi connectivity index (χ3n) is 5.72. The van der Waals surface area contributed by atoms with Crippen LogP contribution in [0.1, 0.15) is 22.3 Å². The largest absolute Gasteiger partial charge is 0.480 e. The van der Waals surface area contributed by atoms with Crippen molar-refractivity contribution in [1.29, 1.82) is 0 Å². The lowest BCUT2D eigenvalue weighted by atomic mass is 10.1. The zero-order valence-electron chi connectivity index (χ0n) is 20.5. The predicted octanol–water partition coefficient (Wildman–Crippen LogP) is 3.04. The van der Waals surface area contributed by atoms with Gasteiger partial charge in [-0.1, -0.05) is 42.5 Å². The van der Waals surface area contributed by atoms with Crippen LogP contribution < -0.4 is 16.0 Å². The number of aryl methyl sites for hydroxylation is 1. The predicted molar refractivity (Wildman–Crippen MR) is 141 cm³/mol. The van der Waals surface area contributed by atoms with E-state index in [1.54, 1.807) is 48.8 Å². The van der Waals surface area contributed by atoms with Gasteiger partial charge in [-0.15, -0.1) is 0 Å². The number of aliphatic carboxylic acids is 1. The molecule has 1 unspecified atom stereocenters. The summed E-state index contributed by atoms with van der Waals surface area (Å²) in [6.45, 7) is 1.01. The van der Waals surface area contributed by atoms with Crippen LogP contribution in [0.25, 0.3) is 10.9 Å². The zero-order chi connectivity index (χ0) is 26.7. The smallest absolute Gasteiger partial charge is 0.408 e. The van der Waals surface area contributed by atoms with Gasteiger partial charge in [-0.2, -0.15) is 5.10 Å². The number of ether oxygens (including phenoxy) is 1. The molecule has 0 bridgehead atoms. The molecule has 4 rings (SSSR count). The van der Waals surface area contributed by atoms with Crippen LogP contribution in [0.2, 0.25) is 0 Å². The van der Waals surface area contributed by atoms with Gasteiger partial charge in [0.15, 0.2) is 0 Å². The highest BCUT2D eigenvalue weighted by molar-refractivity contribution is 6.06. The number of alkyl carbamates (subject to hydrolysis) is 1. The number of benzene rings is 2. The first-order valence-electron chi connectivity index (χ1n) is 12.1. The van der Waals surface area contributed by atoms with E-state index in [1.165, 1.54) is 0 Å². The maximum atomic E-state index is 12.9. The van der Waals surface area contributed by atoms with Crippen LogP contribution in [-0.2, 0) is 22.7 Å². The Morgan fingerprint density at radius 2 is 1.82 bits per heavy atom. The summed E-state index contributed by atoms with van der Waals surface area (Å²) in [5, 5.41) is 22.7. The van der Waals surface area contributed by atoms with Gasteiger partial charge in [0.25, 0.3) is 5.91 Å². The van der Waals surface area contributed by atoms with E-state index in [-0.39, 0.29) is 13.2 Å². The van der Waals surface area contributed by atoms with Gasteiger partial charge in [0, 0.05) is 31.2 Å². The fraction of sp³-hybridized carbons (Fsp3) is 0.222. The third kappa shape index (κ3) is 7.06. The standard InChI is InChI=1S/C27H28N6O5/c34-25(30-17-22(26(35)36)32-27(37)38-18-19-8-2-1-3-9-19)20-10-6-11-23-21(20)16-31-33(23)15-7-14-29-24-12-4-5-13-28-24/h1-6,8-13,16,22H,7,14-15,17-18H2,(H,28,29)(H,30,34)(H,32,37)(H,35,36). The van der Waals surface area contributed by atoms with Crippen LogP contribution in [0.15, 0.2) is 79.1 Å². The minimum absolute atomic E-state index is 0.00341. The van der Waals surface area contributed by atoms with Crippen molar-refractivity contribution in [3.05, 3.63) is 90.3 Å². The summed E-state index contributed by atoms with van der Waals surface area (Å²) in [4.78, 5) is 40.9. The Morgan fingerprint density at radius 3 is 2.58 bits per heavy atom. The third-order valence-corrected chi connectivity index (χ3v) is 5.72. The number of carbonyl (C=O) groups is 3. The summed E-state index contributed by atoms with van der Waals surface area (Å²) in [5.41, 5.74) is 1.91. The quantitative estimate of drug-likeness (QED) is 0.210. The highest BCUT2D eigenvalue weighted by Crippen LogP contribution is 2.19. The average Bonchev–Trinajstić information content (AvgIpc) is 3.36. The molecular weight excluding hydrogens is 488 g/mol. The number of hydrogen-bond donors (Lipinski definition) is 4. The van der Waals surface area contributed by atoms with Gasteiger partial charge in [-0.05, 0) is 36.2 Å². The van der Waals surface area contributed by atoms with Crippen molar-refractivity contribution in [2.24, 2.45) is 0 Å². The van der Waals surface area contributed by atoms with Gasteiger partial charge in [0.2, 0.25) is 0 Å². The Hall–Kier alpha value is -4.93. The number of nitrogens with one attached hydrogen (secondary N) is 3. The van der Waals surface area contributed by atoms with Gasteiger partial charge < -0.3 is 25.8 Å². The summed E-state index contributed by atoms with van der Waals surface area (Å²) in [7, 11) is 0. The Labute approximate surface area is 218 Å². The molecule has 4 aromatic rings. The second kappa shape index (κ2) is 12.9. The molecule has 0 saturated carbocycles. The number of nitrogens with zero attached hydrogens (tertiary/aromatic N) is 3. The normalized spacial score (nSPS) is 11.5. The lowest BCUT2D eigenvalue weighted by molar-refractivity contribution is -0.139. The molecule has 38 heavy (non-hydrogen) atoms. The molecule has 2 aromatic heterocycles. The van der Waals surface area contributed by atoms with Crippen LogP contribution in [0.5, 0.6) is 0 Å². The highest BCUT2D eigenvalue weighted by Gasteiger charge is 2.22. The van der Waals surface area contributed by atoms with Crippen molar-refractivity contribution in [1.82, 2.24) is 25.4 Å². The first-order chi connectivity index (χ1) is 18.5. The first-order valence-corrected chi connectivity index (χ1v) is 12.1. The van der Waals surface area contributed by atoms with Crippen LogP contribution in [0, 0.1) is 0 Å². The minimum atomic E-state index is -1.37. The Kier molecular flexibility index (Phi) is 8.85. The number of carbonyl (C=O) groups excluding carboxylic acids is 2. The fourth-order valence-electron chi connectivity index (χ4n) is 3.79. The molecule has 2 heterocycles. The topological polar surface area (TPSA) is 147 Å². The van der Waals surface area contributed by atoms with E-state index in [1.807, 2.05) is 35.0 Å². The Morgan fingerprint density at radius 1 is 1.00 bits per heavy atom. The fourth-order valence-corrected chi connectivity index (χ4v) is 3.79. The SMILES string of the molecule is O=C(NC(CNC(=O)c1cccc2c1cnn2CCCNc1ccccn1)C(=O)O)OCc1ccccc1. The molecule has 0 aliphatic rings. The van der Waals surface area contributed by atoms with E-state index in [0.717, 1.165) is 23.3 Å². The van der Waals surface area contributed by atoms with Crippen LogP contribution in [0.4, 0.5) is 10.6 Å². The highest BCUT2D eigenvalue weighted by atomic mass is 16.5. The average molecular weight is 517 g/mol. The summed E-state index contributed by atoms with van der Waals surface area (Å²) < 4.78 is 6.90. The van der Waals surface area contributed by atoms with E-state index in [0.29, 0.717) is 24.0 Å². The Balaban J connectivity index is 1.30. The number of carboxylic acids is 1. The minimum Gasteiger partial charge on any atom is -0.480 e. The maximum absolute atomic E-state index is 12.9. The maximum Gasteiger partial charge on any atom is 0.408 e. The molecule has 0 spiro atoms. The molecule has 0 fully saturated rings. The molecule has 0 radical (unpaired) electrons. The molecule has 0 aliphatic carbocycles. The summed E-state index contributed by atoms with van der Waals surface area (Å²) in [5.74, 6) is -0.972. The summed E-state index contributed by atoms with van der Waals surface area (Å²) >= 11 is 0.